The van der Waals surface area contributed by atoms with E-state index in [0.717, 1.165) is 24.8 Å². The van der Waals surface area contributed by atoms with Crippen LogP contribution >= 0.6 is 15.9 Å². The quantitative estimate of drug-likeness (QED) is 0.569. The Morgan fingerprint density at radius 3 is 3.00 bits per heavy atom. The number of carbonyl (C=O) groups is 1. The van der Waals surface area contributed by atoms with Crippen LogP contribution in [0.5, 0.6) is 0 Å². The topological polar surface area (TPSA) is 47.6 Å². The average molecular weight is 294 g/mol. The molecule has 0 radical (unpaired) electrons. The molecule has 0 saturated carbocycles. The SMILES string of the molecule is CC1CC(C(=O)NCCCOCCBr)CO1. The number of halogens is 1. The Kier molecular flexibility index (Phi) is 7.00. The first kappa shape index (κ1) is 13.9. The summed E-state index contributed by atoms with van der Waals surface area (Å²) in [5, 5.41) is 3.77. The fraction of sp³-hybridized carbons (Fsp3) is 0.909. The number of hydrogen-bond acceptors (Lipinski definition) is 3. The van der Waals surface area contributed by atoms with E-state index in [0.29, 0.717) is 19.8 Å². The fourth-order valence-electron chi connectivity index (χ4n) is 1.69. The number of nitrogens with one attached hydrogen (secondary N) is 1. The van der Waals surface area contributed by atoms with Crippen LogP contribution in [0.1, 0.15) is 19.8 Å². The van der Waals surface area contributed by atoms with Crippen molar-refractivity contribution in [2.45, 2.75) is 25.9 Å². The van der Waals surface area contributed by atoms with Gasteiger partial charge in [0.2, 0.25) is 5.91 Å². The molecule has 1 rings (SSSR count). The minimum Gasteiger partial charge on any atom is -0.381 e. The molecule has 0 aromatic rings. The van der Waals surface area contributed by atoms with Crippen LogP contribution in [-0.4, -0.2) is 43.7 Å². The first-order chi connectivity index (χ1) is 7.74. The number of carbonyl (C=O) groups excluding carboxylic acids is 1. The van der Waals surface area contributed by atoms with Gasteiger partial charge in [-0.25, -0.2) is 0 Å². The number of ether oxygens (including phenoxy) is 2. The maximum atomic E-state index is 11.6. The molecular formula is C11H20BrNO3. The lowest BCUT2D eigenvalue weighted by Gasteiger charge is -2.09. The fourth-order valence-corrected chi connectivity index (χ4v) is 1.92. The molecule has 1 N–H and O–H groups in total. The van der Waals surface area contributed by atoms with E-state index in [1.165, 1.54) is 0 Å². The molecule has 1 aliphatic heterocycles. The lowest BCUT2D eigenvalue weighted by Crippen LogP contribution is -2.32. The number of amides is 1. The summed E-state index contributed by atoms with van der Waals surface area (Å²) in [6.45, 7) is 4.67. The molecule has 0 bridgehead atoms. The molecule has 0 aliphatic carbocycles. The molecule has 0 spiro atoms. The molecule has 0 aromatic heterocycles. The van der Waals surface area contributed by atoms with E-state index in [1.54, 1.807) is 0 Å². The molecule has 2 atom stereocenters. The smallest absolute Gasteiger partial charge is 0.225 e. The molecule has 1 aliphatic rings. The highest BCUT2D eigenvalue weighted by Crippen LogP contribution is 2.18. The van der Waals surface area contributed by atoms with Crippen molar-refractivity contribution < 1.29 is 14.3 Å². The molecule has 1 fully saturated rings. The number of alkyl halides is 1. The van der Waals surface area contributed by atoms with Crippen LogP contribution in [0.25, 0.3) is 0 Å². The Morgan fingerprint density at radius 1 is 1.56 bits per heavy atom. The van der Waals surface area contributed by atoms with Crippen molar-refractivity contribution in [2.24, 2.45) is 5.92 Å². The van der Waals surface area contributed by atoms with Crippen molar-refractivity contribution in [3.8, 4) is 0 Å². The minimum atomic E-state index is 0.0402. The van der Waals surface area contributed by atoms with Crippen molar-refractivity contribution in [3.63, 3.8) is 0 Å². The Bertz CT molecular complexity index is 213. The second-order valence-corrected chi connectivity index (χ2v) is 4.82. The molecule has 16 heavy (non-hydrogen) atoms. The largest absolute Gasteiger partial charge is 0.381 e. The van der Waals surface area contributed by atoms with Gasteiger partial charge in [0, 0.05) is 18.5 Å². The average Bonchev–Trinajstić information content (AvgIpc) is 2.70. The number of hydrogen-bond donors (Lipinski definition) is 1. The summed E-state index contributed by atoms with van der Waals surface area (Å²) < 4.78 is 10.6. The van der Waals surface area contributed by atoms with E-state index < -0.39 is 0 Å². The molecule has 1 amide bonds. The van der Waals surface area contributed by atoms with Gasteiger partial charge in [0.25, 0.3) is 0 Å². The summed E-state index contributed by atoms with van der Waals surface area (Å²) in [6, 6.07) is 0. The molecular weight excluding hydrogens is 274 g/mol. The molecule has 94 valence electrons. The highest BCUT2D eigenvalue weighted by molar-refractivity contribution is 9.09. The summed E-state index contributed by atoms with van der Waals surface area (Å²) in [4.78, 5) is 11.6. The maximum Gasteiger partial charge on any atom is 0.225 e. The van der Waals surface area contributed by atoms with Gasteiger partial charge < -0.3 is 14.8 Å². The molecule has 4 nitrogen and oxygen atoms in total. The second-order valence-electron chi connectivity index (χ2n) is 4.02. The Morgan fingerprint density at radius 2 is 2.38 bits per heavy atom. The van der Waals surface area contributed by atoms with Crippen molar-refractivity contribution >= 4 is 21.8 Å². The summed E-state index contributed by atoms with van der Waals surface area (Å²) in [5.41, 5.74) is 0. The van der Waals surface area contributed by atoms with E-state index >= 15 is 0 Å². The van der Waals surface area contributed by atoms with E-state index in [9.17, 15) is 4.79 Å². The van der Waals surface area contributed by atoms with Crippen molar-refractivity contribution in [2.75, 3.05) is 31.7 Å². The third kappa shape index (κ3) is 5.27. The zero-order valence-electron chi connectivity index (χ0n) is 9.71. The summed E-state index contributed by atoms with van der Waals surface area (Å²) in [5.74, 6) is 0.156. The first-order valence-corrected chi connectivity index (χ1v) is 6.89. The van der Waals surface area contributed by atoms with Gasteiger partial charge in [0.05, 0.1) is 25.2 Å². The predicted molar refractivity (Wildman–Crippen MR) is 65.8 cm³/mol. The molecule has 0 aromatic carbocycles. The lowest BCUT2D eigenvalue weighted by molar-refractivity contribution is -0.124. The van der Waals surface area contributed by atoms with E-state index in [2.05, 4.69) is 21.2 Å². The highest BCUT2D eigenvalue weighted by atomic mass is 79.9. The van der Waals surface area contributed by atoms with Crippen LogP contribution in [0.4, 0.5) is 0 Å². The molecule has 1 saturated heterocycles. The van der Waals surface area contributed by atoms with Crippen LogP contribution in [0.2, 0.25) is 0 Å². The van der Waals surface area contributed by atoms with Crippen LogP contribution in [-0.2, 0) is 14.3 Å². The Labute approximate surface area is 105 Å². The third-order valence-electron chi connectivity index (χ3n) is 2.56. The maximum absolute atomic E-state index is 11.6. The lowest BCUT2D eigenvalue weighted by atomic mass is 10.1. The summed E-state index contributed by atoms with van der Waals surface area (Å²) >= 11 is 3.28. The van der Waals surface area contributed by atoms with Gasteiger partial charge in [-0.1, -0.05) is 15.9 Å². The van der Waals surface area contributed by atoms with Gasteiger partial charge in [0.1, 0.15) is 0 Å². The minimum absolute atomic E-state index is 0.0402. The Hall–Kier alpha value is -0.130. The van der Waals surface area contributed by atoms with Crippen molar-refractivity contribution in [3.05, 3.63) is 0 Å². The van der Waals surface area contributed by atoms with Gasteiger partial charge in [0.15, 0.2) is 0 Å². The van der Waals surface area contributed by atoms with Crippen LogP contribution < -0.4 is 5.32 Å². The second kappa shape index (κ2) is 8.03. The van der Waals surface area contributed by atoms with Crippen LogP contribution in [0.3, 0.4) is 0 Å². The van der Waals surface area contributed by atoms with Crippen molar-refractivity contribution in [1.29, 1.82) is 0 Å². The summed E-state index contributed by atoms with van der Waals surface area (Å²) in [6.07, 6.45) is 1.92. The predicted octanol–water partition coefficient (Wildman–Crippen LogP) is 1.33. The summed E-state index contributed by atoms with van der Waals surface area (Å²) in [7, 11) is 0. The van der Waals surface area contributed by atoms with Crippen LogP contribution in [0, 0.1) is 5.92 Å². The van der Waals surface area contributed by atoms with E-state index in [4.69, 9.17) is 9.47 Å². The third-order valence-corrected chi connectivity index (χ3v) is 2.88. The standard InChI is InChI=1S/C11H20BrNO3/c1-9-7-10(8-16-9)11(14)13-4-2-5-15-6-3-12/h9-10H,2-8H2,1H3,(H,13,14). The van der Waals surface area contributed by atoms with Crippen LogP contribution in [0.15, 0.2) is 0 Å². The van der Waals surface area contributed by atoms with Gasteiger partial charge in [-0.2, -0.15) is 0 Å². The van der Waals surface area contributed by atoms with Gasteiger partial charge in [-0.15, -0.1) is 0 Å². The van der Waals surface area contributed by atoms with Gasteiger partial charge in [-0.05, 0) is 19.8 Å². The zero-order chi connectivity index (χ0) is 11.8. The highest BCUT2D eigenvalue weighted by Gasteiger charge is 2.27. The monoisotopic (exact) mass is 293 g/mol. The normalized spacial score (nSPS) is 24.6. The molecule has 2 unspecified atom stereocenters. The molecule has 5 heteroatoms. The van der Waals surface area contributed by atoms with E-state index in [1.807, 2.05) is 6.92 Å². The first-order valence-electron chi connectivity index (χ1n) is 5.77. The zero-order valence-corrected chi connectivity index (χ0v) is 11.3. The van der Waals surface area contributed by atoms with Crippen molar-refractivity contribution in [1.82, 2.24) is 5.32 Å². The number of rotatable bonds is 7. The van der Waals surface area contributed by atoms with Gasteiger partial charge >= 0.3 is 0 Å². The van der Waals surface area contributed by atoms with E-state index in [-0.39, 0.29) is 17.9 Å². The van der Waals surface area contributed by atoms with Gasteiger partial charge in [-0.3, -0.25) is 4.79 Å². The Balaban J connectivity index is 1.98. The molecule has 1 heterocycles.